The Labute approximate surface area is 227 Å². The molecule has 3 aromatic carbocycles. The fraction of sp³-hybridized carbons (Fsp3) is 0.310. The largest absolute Gasteiger partial charge is 0.352 e. The molecule has 4 rings (SSSR count). The van der Waals surface area contributed by atoms with E-state index < -0.39 is 6.04 Å². The highest BCUT2D eigenvalue weighted by Gasteiger charge is 2.32. The van der Waals surface area contributed by atoms with Crippen LogP contribution in [0.1, 0.15) is 42.4 Å². The van der Waals surface area contributed by atoms with Crippen molar-refractivity contribution in [3.8, 4) is 0 Å². The van der Waals surface area contributed by atoms with Crippen LogP contribution >= 0.6 is 34.8 Å². The SMILES string of the molecule is O=C(NC1CCCC1)[C@@H](Cc1ccccc1)N(Cc1ccc(Cl)c(Cl)c1)C(=O)Cc1ccccc1Cl. The first kappa shape index (κ1) is 26.5. The molecule has 7 heteroatoms. The standard InChI is InChI=1S/C29H29Cl3N2O2/c30-24-13-7-4-10-22(24)18-28(35)34(19-21-14-15-25(31)26(32)16-21)27(17-20-8-2-1-3-9-20)29(36)33-23-11-5-6-12-23/h1-4,7-10,13-16,23,27H,5-6,11-12,17-19H2,(H,33,36)/t27-/m1/s1. The zero-order chi connectivity index (χ0) is 25.5. The molecule has 1 aliphatic rings. The molecule has 0 aromatic heterocycles. The Morgan fingerprint density at radius 2 is 1.53 bits per heavy atom. The summed E-state index contributed by atoms with van der Waals surface area (Å²) >= 11 is 18.8. The van der Waals surface area contributed by atoms with Gasteiger partial charge < -0.3 is 10.2 Å². The number of carbonyl (C=O) groups is 2. The Bertz CT molecular complexity index is 1200. The Hall–Kier alpha value is -2.53. The van der Waals surface area contributed by atoms with Gasteiger partial charge in [-0.25, -0.2) is 0 Å². The molecule has 0 aliphatic heterocycles. The summed E-state index contributed by atoms with van der Waals surface area (Å²) in [6.45, 7) is 0.218. The van der Waals surface area contributed by atoms with Gasteiger partial charge >= 0.3 is 0 Å². The van der Waals surface area contributed by atoms with E-state index in [1.54, 1.807) is 23.1 Å². The molecule has 1 fully saturated rings. The molecule has 188 valence electrons. The van der Waals surface area contributed by atoms with Crippen LogP contribution in [0, 0.1) is 0 Å². The minimum atomic E-state index is -0.697. The lowest BCUT2D eigenvalue weighted by Gasteiger charge is -2.32. The molecule has 1 N–H and O–H groups in total. The highest BCUT2D eigenvalue weighted by molar-refractivity contribution is 6.42. The zero-order valence-electron chi connectivity index (χ0n) is 19.9. The molecule has 2 amide bonds. The van der Waals surface area contributed by atoms with Crippen molar-refractivity contribution in [1.82, 2.24) is 10.2 Å². The van der Waals surface area contributed by atoms with Gasteiger partial charge in [-0.1, -0.05) is 102 Å². The van der Waals surface area contributed by atoms with Gasteiger partial charge in [0, 0.05) is 24.0 Å². The Morgan fingerprint density at radius 1 is 0.833 bits per heavy atom. The number of halogens is 3. The van der Waals surface area contributed by atoms with Crippen LogP contribution in [0.5, 0.6) is 0 Å². The summed E-state index contributed by atoms with van der Waals surface area (Å²) in [5.74, 6) is -0.324. The first-order valence-electron chi connectivity index (χ1n) is 12.2. The third-order valence-electron chi connectivity index (χ3n) is 6.61. The van der Waals surface area contributed by atoms with Crippen molar-refractivity contribution in [1.29, 1.82) is 0 Å². The minimum Gasteiger partial charge on any atom is -0.352 e. The summed E-state index contributed by atoms with van der Waals surface area (Å²) in [4.78, 5) is 29.2. The summed E-state index contributed by atoms with van der Waals surface area (Å²) in [7, 11) is 0. The third-order valence-corrected chi connectivity index (χ3v) is 7.72. The Morgan fingerprint density at radius 3 is 2.22 bits per heavy atom. The number of amides is 2. The van der Waals surface area contributed by atoms with Crippen LogP contribution in [0.25, 0.3) is 0 Å². The molecule has 4 nitrogen and oxygen atoms in total. The van der Waals surface area contributed by atoms with E-state index in [1.807, 2.05) is 54.6 Å². The fourth-order valence-electron chi connectivity index (χ4n) is 4.66. The first-order valence-corrected chi connectivity index (χ1v) is 13.3. The normalized spacial score (nSPS) is 14.4. The van der Waals surface area contributed by atoms with Crippen molar-refractivity contribution in [3.63, 3.8) is 0 Å². The predicted octanol–water partition coefficient (Wildman–Crippen LogP) is 6.89. The van der Waals surface area contributed by atoms with Crippen molar-refractivity contribution in [2.24, 2.45) is 0 Å². The smallest absolute Gasteiger partial charge is 0.243 e. The maximum Gasteiger partial charge on any atom is 0.243 e. The monoisotopic (exact) mass is 542 g/mol. The quantitative estimate of drug-likeness (QED) is 0.319. The topological polar surface area (TPSA) is 49.4 Å². The van der Waals surface area contributed by atoms with E-state index in [0.29, 0.717) is 21.5 Å². The van der Waals surface area contributed by atoms with Gasteiger partial charge in [0.15, 0.2) is 0 Å². The highest BCUT2D eigenvalue weighted by Crippen LogP contribution is 2.26. The van der Waals surface area contributed by atoms with Gasteiger partial charge in [-0.05, 0) is 47.7 Å². The second kappa shape index (κ2) is 12.6. The second-order valence-electron chi connectivity index (χ2n) is 9.23. The van der Waals surface area contributed by atoms with Gasteiger partial charge in [0.1, 0.15) is 6.04 Å². The first-order chi connectivity index (χ1) is 17.4. The molecule has 1 atom stereocenters. The Kier molecular flexibility index (Phi) is 9.30. The van der Waals surface area contributed by atoms with E-state index in [0.717, 1.165) is 42.4 Å². The van der Waals surface area contributed by atoms with Gasteiger partial charge in [0.2, 0.25) is 11.8 Å². The number of nitrogens with zero attached hydrogens (tertiary/aromatic N) is 1. The lowest BCUT2D eigenvalue weighted by atomic mass is 10.0. The predicted molar refractivity (Wildman–Crippen MR) is 147 cm³/mol. The Balaban J connectivity index is 1.68. The molecule has 0 radical (unpaired) electrons. The molecule has 0 heterocycles. The average Bonchev–Trinajstić information content (AvgIpc) is 3.38. The van der Waals surface area contributed by atoms with E-state index in [9.17, 15) is 9.59 Å². The van der Waals surface area contributed by atoms with E-state index >= 15 is 0 Å². The molecule has 0 saturated heterocycles. The molecular formula is C29H29Cl3N2O2. The van der Waals surface area contributed by atoms with Crippen LogP contribution in [0.2, 0.25) is 15.1 Å². The van der Waals surface area contributed by atoms with Gasteiger partial charge in [0.25, 0.3) is 0 Å². The molecular weight excluding hydrogens is 515 g/mol. The lowest BCUT2D eigenvalue weighted by Crippen LogP contribution is -2.52. The number of rotatable bonds is 9. The summed E-state index contributed by atoms with van der Waals surface area (Å²) in [5, 5.41) is 4.58. The third kappa shape index (κ3) is 7.03. The minimum absolute atomic E-state index is 0.0863. The average molecular weight is 544 g/mol. The molecule has 1 aliphatic carbocycles. The molecule has 0 spiro atoms. The van der Waals surface area contributed by atoms with Crippen molar-refractivity contribution in [3.05, 3.63) is 105 Å². The number of hydrogen-bond acceptors (Lipinski definition) is 2. The van der Waals surface area contributed by atoms with Crippen molar-refractivity contribution < 1.29 is 9.59 Å². The van der Waals surface area contributed by atoms with Gasteiger partial charge in [-0.2, -0.15) is 0 Å². The van der Waals surface area contributed by atoms with Crippen molar-refractivity contribution in [2.75, 3.05) is 0 Å². The van der Waals surface area contributed by atoms with E-state index in [1.165, 1.54) is 0 Å². The van der Waals surface area contributed by atoms with Crippen LogP contribution in [0.4, 0.5) is 0 Å². The van der Waals surface area contributed by atoms with Crippen LogP contribution < -0.4 is 5.32 Å². The molecule has 3 aromatic rings. The lowest BCUT2D eigenvalue weighted by molar-refractivity contribution is -0.141. The summed E-state index contributed by atoms with van der Waals surface area (Å²) < 4.78 is 0. The van der Waals surface area contributed by atoms with Crippen LogP contribution in [-0.4, -0.2) is 28.8 Å². The van der Waals surface area contributed by atoms with E-state index in [-0.39, 0.29) is 30.8 Å². The molecule has 36 heavy (non-hydrogen) atoms. The van der Waals surface area contributed by atoms with Gasteiger partial charge in [-0.3, -0.25) is 9.59 Å². The van der Waals surface area contributed by atoms with Gasteiger partial charge in [-0.15, -0.1) is 0 Å². The molecule has 0 bridgehead atoms. The van der Waals surface area contributed by atoms with Crippen LogP contribution in [0.3, 0.4) is 0 Å². The van der Waals surface area contributed by atoms with Gasteiger partial charge in [0.05, 0.1) is 16.5 Å². The second-order valence-corrected chi connectivity index (χ2v) is 10.5. The summed E-state index contributed by atoms with van der Waals surface area (Å²) in [6.07, 6.45) is 4.62. The van der Waals surface area contributed by atoms with E-state index in [4.69, 9.17) is 34.8 Å². The highest BCUT2D eigenvalue weighted by atomic mass is 35.5. The van der Waals surface area contributed by atoms with Crippen molar-refractivity contribution >= 4 is 46.6 Å². The fourth-order valence-corrected chi connectivity index (χ4v) is 5.19. The maximum absolute atomic E-state index is 13.8. The number of hydrogen-bond donors (Lipinski definition) is 1. The molecule has 0 unspecified atom stereocenters. The summed E-state index contributed by atoms with van der Waals surface area (Å²) in [6, 6.07) is 21.8. The number of nitrogens with one attached hydrogen (secondary N) is 1. The van der Waals surface area contributed by atoms with Crippen LogP contribution in [-0.2, 0) is 29.0 Å². The number of benzene rings is 3. The van der Waals surface area contributed by atoms with E-state index in [2.05, 4.69) is 5.32 Å². The summed E-state index contributed by atoms with van der Waals surface area (Å²) in [5.41, 5.74) is 2.50. The number of carbonyl (C=O) groups excluding carboxylic acids is 2. The van der Waals surface area contributed by atoms with Crippen molar-refractivity contribution in [2.45, 2.75) is 57.2 Å². The zero-order valence-corrected chi connectivity index (χ0v) is 22.2. The maximum atomic E-state index is 13.8. The molecule has 1 saturated carbocycles. The van der Waals surface area contributed by atoms with Crippen LogP contribution in [0.15, 0.2) is 72.8 Å².